The van der Waals surface area contributed by atoms with Gasteiger partial charge in [0.15, 0.2) is 0 Å². The molecule has 1 aliphatic rings. The van der Waals surface area contributed by atoms with Crippen molar-refractivity contribution in [2.24, 2.45) is 0 Å². The van der Waals surface area contributed by atoms with Gasteiger partial charge in [0.2, 0.25) is 0 Å². The summed E-state index contributed by atoms with van der Waals surface area (Å²) in [5.41, 5.74) is 2.32. The van der Waals surface area contributed by atoms with E-state index < -0.39 is 23.7 Å². The Kier molecular flexibility index (Phi) is 8.51. The Balaban J connectivity index is 2.08. The van der Waals surface area contributed by atoms with Crippen LogP contribution < -0.4 is 0 Å². The summed E-state index contributed by atoms with van der Waals surface area (Å²) in [5.74, 6) is -2.18. The maximum Gasteiger partial charge on any atom is 0.355 e. The van der Waals surface area contributed by atoms with E-state index >= 15 is 0 Å². The molecule has 0 bridgehead atoms. The fourth-order valence-electron chi connectivity index (χ4n) is 4.74. The minimum Gasteiger partial charge on any atom is -0.507 e. The number of hydrogen-bond donors (Lipinski definition) is 2. The van der Waals surface area contributed by atoms with Gasteiger partial charge in [-0.25, -0.2) is 4.79 Å². The minimum atomic E-state index is -0.725. The highest BCUT2D eigenvalue weighted by atomic mass is 16.5. The molecule has 1 aromatic heterocycles. The Labute approximate surface area is 206 Å². The van der Waals surface area contributed by atoms with Crippen molar-refractivity contribution in [1.29, 1.82) is 0 Å². The quantitative estimate of drug-likeness (QED) is 0.230. The van der Waals surface area contributed by atoms with Crippen LogP contribution in [0, 0.1) is 13.8 Å². The molecule has 0 radical (unpaired) electrons. The van der Waals surface area contributed by atoms with E-state index in [0.717, 1.165) is 25.2 Å². The van der Waals surface area contributed by atoms with Gasteiger partial charge in [0, 0.05) is 17.8 Å². The molecule has 1 fully saturated rings. The zero-order valence-corrected chi connectivity index (χ0v) is 21.2. The number of H-pyrrole nitrogens is 1. The Morgan fingerprint density at radius 3 is 2.37 bits per heavy atom. The first-order chi connectivity index (χ1) is 16.8. The van der Waals surface area contributed by atoms with Crippen molar-refractivity contribution < 1.29 is 24.2 Å². The van der Waals surface area contributed by atoms with Crippen molar-refractivity contribution in [3.05, 3.63) is 64.0 Å². The van der Waals surface area contributed by atoms with Gasteiger partial charge in [-0.1, -0.05) is 44.2 Å². The minimum absolute atomic E-state index is 0.0321. The number of amides is 1. The summed E-state index contributed by atoms with van der Waals surface area (Å²) in [6.45, 7) is 12.5. The number of likely N-dealkylation sites (tertiary alicyclic amines) is 1. The molecule has 2 N–H and O–H groups in total. The molecule has 1 aromatic carbocycles. The largest absolute Gasteiger partial charge is 0.507 e. The van der Waals surface area contributed by atoms with Gasteiger partial charge in [-0.3, -0.25) is 9.59 Å². The van der Waals surface area contributed by atoms with Crippen LogP contribution in [0.2, 0.25) is 0 Å². The van der Waals surface area contributed by atoms with E-state index in [9.17, 15) is 19.5 Å². The number of ether oxygens (including phenoxy) is 1. The number of nitrogens with one attached hydrogen (secondary N) is 1. The molecule has 2 aromatic rings. The van der Waals surface area contributed by atoms with Crippen LogP contribution in [-0.4, -0.2) is 70.3 Å². The molecule has 35 heavy (non-hydrogen) atoms. The van der Waals surface area contributed by atoms with Crippen LogP contribution in [-0.2, 0) is 14.3 Å². The third-order valence-electron chi connectivity index (χ3n) is 6.58. The molecule has 1 aliphatic heterocycles. The number of Topliss-reactive ketones (excluding diaryl/α,β-unsaturated/α-hetero) is 1. The van der Waals surface area contributed by atoms with Gasteiger partial charge >= 0.3 is 5.97 Å². The van der Waals surface area contributed by atoms with Gasteiger partial charge < -0.3 is 24.6 Å². The molecule has 188 valence electrons. The van der Waals surface area contributed by atoms with Crippen molar-refractivity contribution in [3.8, 4) is 0 Å². The number of nitrogens with zero attached hydrogens (tertiary/aromatic N) is 2. The molecule has 1 atom stereocenters. The highest BCUT2D eigenvalue weighted by Crippen LogP contribution is 2.40. The van der Waals surface area contributed by atoms with Crippen LogP contribution >= 0.6 is 0 Å². The third-order valence-corrected chi connectivity index (χ3v) is 6.58. The molecule has 1 amide bonds. The third kappa shape index (κ3) is 5.17. The average molecular weight is 482 g/mol. The second-order valence-electron chi connectivity index (χ2n) is 8.63. The number of rotatable bonds is 10. The number of carbonyl (C=O) groups excluding carboxylic acids is 3. The van der Waals surface area contributed by atoms with Gasteiger partial charge in [0.25, 0.3) is 11.7 Å². The first-order valence-corrected chi connectivity index (χ1v) is 12.2. The summed E-state index contributed by atoms with van der Waals surface area (Å²) >= 11 is 0. The van der Waals surface area contributed by atoms with E-state index in [1.807, 2.05) is 30.3 Å². The summed E-state index contributed by atoms with van der Waals surface area (Å²) in [7, 11) is 0. The van der Waals surface area contributed by atoms with Crippen LogP contribution in [0.4, 0.5) is 0 Å². The van der Waals surface area contributed by atoms with Crippen LogP contribution in [0.1, 0.15) is 66.1 Å². The van der Waals surface area contributed by atoms with Crippen LogP contribution in [0.25, 0.3) is 5.76 Å². The number of ketones is 1. The predicted octanol–water partition coefficient (Wildman–Crippen LogP) is 3.96. The summed E-state index contributed by atoms with van der Waals surface area (Å²) in [5, 5.41) is 11.4. The van der Waals surface area contributed by atoms with Crippen molar-refractivity contribution in [1.82, 2.24) is 14.8 Å². The maximum absolute atomic E-state index is 13.3. The summed E-state index contributed by atoms with van der Waals surface area (Å²) in [6.07, 6.45) is 0.702. The van der Waals surface area contributed by atoms with Crippen LogP contribution in [0.15, 0.2) is 35.9 Å². The second kappa shape index (κ2) is 11.4. The highest BCUT2D eigenvalue weighted by molar-refractivity contribution is 6.46. The van der Waals surface area contributed by atoms with Gasteiger partial charge in [0.1, 0.15) is 11.5 Å². The molecule has 2 heterocycles. The Morgan fingerprint density at radius 1 is 1.11 bits per heavy atom. The number of benzene rings is 1. The first-order valence-electron chi connectivity index (χ1n) is 12.2. The predicted molar refractivity (Wildman–Crippen MR) is 134 cm³/mol. The zero-order valence-electron chi connectivity index (χ0n) is 21.2. The van der Waals surface area contributed by atoms with E-state index in [1.165, 1.54) is 0 Å². The molecule has 1 saturated heterocycles. The lowest BCUT2D eigenvalue weighted by molar-refractivity contribution is -0.140. The number of aromatic nitrogens is 1. The van der Waals surface area contributed by atoms with Crippen LogP contribution in [0.5, 0.6) is 0 Å². The Bertz CT molecular complexity index is 1120. The van der Waals surface area contributed by atoms with E-state index in [2.05, 4.69) is 23.7 Å². The highest BCUT2D eigenvalue weighted by Gasteiger charge is 2.46. The number of aryl methyl sites for hydroxylation is 1. The molecule has 0 saturated carbocycles. The number of hydrogen-bond acceptors (Lipinski definition) is 6. The van der Waals surface area contributed by atoms with Gasteiger partial charge in [-0.15, -0.1) is 0 Å². The molecular formula is C27H35N3O5. The SMILES string of the molecule is CCOC(=O)c1[nH]c(C)c(/C(O)=C2\C(=O)C(=O)N(CCCN(CC)CC)C2c2ccccc2)c1C. The molecule has 3 rings (SSSR count). The smallest absolute Gasteiger partial charge is 0.355 e. The van der Waals surface area contributed by atoms with Gasteiger partial charge in [-0.05, 0) is 58.0 Å². The van der Waals surface area contributed by atoms with E-state index in [4.69, 9.17) is 4.74 Å². The molecule has 0 aliphatic carbocycles. The van der Waals surface area contributed by atoms with Crippen molar-refractivity contribution in [3.63, 3.8) is 0 Å². The zero-order chi connectivity index (χ0) is 25.7. The molecule has 8 heteroatoms. The fraction of sp³-hybridized carbons (Fsp3) is 0.444. The molecule has 1 unspecified atom stereocenters. The van der Waals surface area contributed by atoms with E-state index in [-0.39, 0.29) is 23.6 Å². The normalized spacial score (nSPS) is 17.4. The lowest BCUT2D eigenvalue weighted by atomic mass is 9.94. The summed E-state index contributed by atoms with van der Waals surface area (Å²) < 4.78 is 5.11. The molecular weight excluding hydrogens is 446 g/mol. The lowest BCUT2D eigenvalue weighted by Gasteiger charge is -2.26. The molecule has 8 nitrogen and oxygen atoms in total. The van der Waals surface area contributed by atoms with Gasteiger partial charge in [-0.2, -0.15) is 0 Å². The van der Waals surface area contributed by atoms with Crippen molar-refractivity contribution in [2.75, 3.05) is 32.8 Å². The Morgan fingerprint density at radius 2 is 1.77 bits per heavy atom. The average Bonchev–Trinajstić information content (AvgIpc) is 3.29. The lowest BCUT2D eigenvalue weighted by Crippen LogP contribution is -2.33. The topological polar surface area (TPSA) is 103 Å². The van der Waals surface area contributed by atoms with Crippen molar-refractivity contribution >= 4 is 23.4 Å². The Hall–Kier alpha value is -3.39. The monoisotopic (exact) mass is 481 g/mol. The standard InChI is InChI=1S/C27H35N3O5/c1-6-29(7-2)15-12-16-30-23(19-13-10-9-11-14-19)21(25(32)26(30)33)24(31)20-17(4)22(28-18(20)5)27(34)35-8-3/h9-11,13-14,23,28,31H,6-8,12,15-16H2,1-5H3/b24-21+. The van der Waals surface area contributed by atoms with E-state index in [0.29, 0.717) is 29.8 Å². The first kappa shape index (κ1) is 26.2. The second-order valence-corrected chi connectivity index (χ2v) is 8.63. The van der Waals surface area contributed by atoms with Crippen LogP contribution in [0.3, 0.4) is 0 Å². The summed E-state index contributed by atoms with van der Waals surface area (Å²) in [4.78, 5) is 45.6. The molecule has 0 spiro atoms. The number of esters is 1. The van der Waals surface area contributed by atoms with E-state index in [1.54, 1.807) is 25.7 Å². The maximum atomic E-state index is 13.3. The number of carbonyl (C=O) groups is 3. The fourth-order valence-corrected chi connectivity index (χ4v) is 4.74. The number of aliphatic hydroxyl groups is 1. The number of aromatic amines is 1. The van der Waals surface area contributed by atoms with Crippen molar-refractivity contribution in [2.45, 2.75) is 47.1 Å². The summed E-state index contributed by atoms with van der Waals surface area (Å²) in [6, 6.07) is 8.54. The van der Waals surface area contributed by atoms with Gasteiger partial charge in [0.05, 0.1) is 18.2 Å². The number of aliphatic hydroxyl groups excluding tert-OH is 1.